The van der Waals surface area contributed by atoms with E-state index in [2.05, 4.69) is 520 Å². The van der Waals surface area contributed by atoms with E-state index < -0.39 is 6.71 Å². The second-order valence-corrected chi connectivity index (χ2v) is 43.2. The molecule has 7 heterocycles. The SMILES string of the molecule is CC(C)(C)c1ccc2c(c1)B1c3cc4c(cc3N(c3cc(-c5ccccc5)cc(-c5ccccc5)c3)c3cccc(c31)N2c1cc(-c2ccccc2)cc(-c2ccccc2)c1)N(c1cc(-c2ccccc2)cc(-c2ccccc2)c1)c1cc2c3c5c1B4c1cc(C(C)(C)C)cc4c1N5c1c(cc(C(C)(C)C)cc1B3c1cc(C(C)(C)C)ccc1N2c1cc(-c2ccccc2)cc(-c2ccccc2)c1)O4. The molecule has 0 saturated heterocycles. The van der Waals surface area contributed by atoms with Gasteiger partial charge in [-0.1, -0.05) is 374 Å². The van der Waals surface area contributed by atoms with Crippen LogP contribution in [0.15, 0.2) is 413 Å². The molecule has 7 aliphatic rings. The fourth-order valence-electron chi connectivity index (χ4n) is 23.5. The first-order valence-electron chi connectivity index (χ1n) is 49.3. The first-order valence-corrected chi connectivity index (χ1v) is 49.3. The zero-order valence-electron chi connectivity index (χ0n) is 80.6. The van der Waals surface area contributed by atoms with Gasteiger partial charge in [-0.15, -0.1) is 0 Å². The minimum atomic E-state index is -0.401. The molecule has 0 spiro atoms. The maximum absolute atomic E-state index is 8.11. The lowest BCUT2D eigenvalue weighted by Gasteiger charge is -2.53. The van der Waals surface area contributed by atoms with Crippen molar-refractivity contribution in [2.45, 2.75) is 105 Å². The van der Waals surface area contributed by atoms with Crippen molar-refractivity contribution in [3.8, 4) is 101 Å². The van der Waals surface area contributed by atoms with Crippen molar-refractivity contribution in [3.63, 3.8) is 0 Å². The van der Waals surface area contributed by atoms with Crippen LogP contribution in [0.2, 0.25) is 0 Å². The topological polar surface area (TPSA) is 25.4 Å². The molecule has 0 bridgehead atoms. The lowest BCUT2D eigenvalue weighted by molar-refractivity contribution is 0.470. The molecule has 0 radical (unpaired) electrons. The van der Waals surface area contributed by atoms with Gasteiger partial charge in [-0.2, -0.15) is 0 Å². The van der Waals surface area contributed by atoms with Crippen molar-refractivity contribution >= 4 is 155 Å². The predicted molar refractivity (Wildman–Crippen MR) is 592 cm³/mol. The number of hydrogen-bond donors (Lipinski definition) is 0. The molecule has 19 aromatic carbocycles. The van der Waals surface area contributed by atoms with Gasteiger partial charge in [0.2, 0.25) is 0 Å². The minimum Gasteiger partial charge on any atom is -0.453 e. The van der Waals surface area contributed by atoms with E-state index >= 15 is 0 Å². The third-order valence-electron chi connectivity index (χ3n) is 30.4. The average molecular weight is 1780 g/mol. The highest BCUT2D eigenvalue weighted by atomic mass is 16.5. The number of nitrogens with zero attached hydrogens (tertiary/aromatic N) is 5. The van der Waals surface area contributed by atoms with E-state index in [1.807, 2.05) is 0 Å². The van der Waals surface area contributed by atoms with E-state index in [0.29, 0.717) is 0 Å². The molecule has 7 aliphatic heterocycles. The molecule has 0 amide bonds. The van der Waals surface area contributed by atoms with E-state index in [1.54, 1.807) is 0 Å². The molecule has 9 heteroatoms. The fraction of sp³-hybridized carbons (Fsp3) is 0.123. The average Bonchev–Trinajstić information content (AvgIpc) is 0.652. The summed E-state index contributed by atoms with van der Waals surface area (Å²) in [6.45, 7) is 27.6. The van der Waals surface area contributed by atoms with Gasteiger partial charge in [0.1, 0.15) is 0 Å². The summed E-state index contributed by atoms with van der Waals surface area (Å²) in [4.78, 5) is 13.5. The molecule has 139 heavy (non-hydrogen) atoms. The van der Waals surface area contributed by atoms with Crippen LogP contribution < -0.4 is 78.4 Å². The normalized spacial score (nSPS) is 13.7. The molecule has 0 atom stereocenters. The molecular weight excluding hydrogens is 1680 g/mol. The maximum atomic E-state index is 8.11. The number of hydrogen-bond acceptors (Lipinski definition) is 6. The van der Waals surface area contributed by atoms with E-state index in [-0.39, 0.29) is 35.1 Å². The Morgan fingerprint density at radius 2 is 0.410 bits per heavy atom. The van der Waals surface area contributed by atoms with Gasteiger partial charge in [-0.05, 0) is 303 Å². The standard InChI is InChI=1S/C130H104B3N5O/c1-127(2,3)97-56-58-111-105(72-97)131-107-78-108-116(79-115(107)136(103-68-93(85-46-29-17-30-47-85)62-94(69-103)86-48-31-18-32-49-86)114-55-37-54-113(121(114)131)134(111)101-64-89(81-38-21-13-22-39-81)60-90(65-101)82-40-23-14-24-41-82)137(104-70-95(87-50-33-19-34-51-87)63-96(71-104)88-52-35-20-36-53-88)118-80-117-122-126-123(118)133(108)110-75-100(130(10,11)12)77-120-125(110)138(126)124-109(74-99(129(7,8)9)76-119(124)139-120)132(122)106-73-98(128(4,5)6)57-59-112(106)135(117)102-66-91(83-42-25-15-26-43-83)61-92(67-102)84-44-27-16-28-45-84/h13-80H,1-12H3. The van der Waals surface area contributed by atoms with E-state index in [0.717, 1.165) is 180 Å². The maximum Gasteiger partial charge on any atom is 0.252 e. The summed E-state index contributed by atoms with van der Waals surface area (Å²) >= 11 is 0. The van der Waals surface area contributed by atoms with E-state index in [4.69, 9.17) is 4.74 Å². The highest BCUT2D eigenvalue weighted by Gasteiger charge is 2.57. The van der Waals surface area contributed by atoms with Crippen LogP contribution in [0.1, 0.15) is 105 Å². The number of anilines is 15. The van der Waals surface area contributed by atoms with Crippen molar-refractivity contribution in [1.82, 2.24) is 0 Å². The summed E-state index contributed by atoms with van der Waals surface area (Å²) in [5.74, 6) is 1.75. The van der Waals surface area contributed by atoms with Crippen LogP contribution in [0.25, 0.3) is 89.0 Å². The fourth-order valence-corrected chi connectivity index (χ4v) is 23.5. The van der Waals surface area contributed by atoms with Crippen LogP contribution in [0.4, 0.5) is 85.3 Å². The summed E-state index contributed by atoms with van der Waals surface area (Å²) in [6.07, 6.45) is 0. The molecule has 0 unspecified atom stereocenters. The number of benzene rings is 19. The van der Waals surface area contributed by atoms with Gasteiger partial charge < -0.3 is 29.2 Å². The first-order chi connectivity index (χ1) is 67.4. The largest absolute Gasteiger partial charge is 0.453 e. The molecule has 0 N–H and O–H groups in total. The van der Waals surface area contributed by atoms with Crippen LogP contribution in [-0.4, -0.2) is 20.1 Å². The Balaban J connectivity index is 0.843. The Morgan fingerprint density at radius 3 is 0.698 bits per heavy atom. The quantitative estimate of drug-likeness (QED) is 0.113. The molecule has 0 saturated carbocycles. The van der Waals surface area contributed by atoms with Gasteiger partial charge in [0.05, 0.1) is 11.4 Å². The van der Waals surface area contributed by atoms with E-state index in [1.165, 1.54) is 77.1 Å². The summed E-state index contributed by atoms with van der Waals surface area (Å²) in [7, 11) is 0. The van der Waals surface area contributed by atoms with Crippen LogP contribution >= 0.6 is 0 Å². The molecule has 19 aromatic rings. The molecule has 0 fully saturated rings. The second-order valence-electron chi connectivity index (χ2n) is 43.2. The Kier molecular flexibility index (Phi) is 18.9. The molecule has 0 aromatic heterocycles. The van der Waals surface area contributed by atoms with Gasteiger partial charge in [-0.25, -0.2) is 0 Å². The molecule has 6 nitrogen and oxygen atoms in total. The molecule has 0 aliphatic carbocycles. The molecule has 26 rings (SSSR count). The zero-order chi connectivity index (χ0) is 94.0. The van der Waals surface area contributed by atoms with Crippen molar-refractivity contribution in [2.24, 2.45) is 0 Å². The van der Waals surface area contributed by atoms with Crippen molar-refractivity contribution in [1.29, 1.82) is 0 Å². The first kappa shape index (κ1) is 83.7. The molecular formula is C130H104B3N5O. The Labute approximate surface area is 818 Å². The highest BCUT2D eigenvalue weighted by molar-refractivity contribution is 7.06. The Hall–Kier alpha value is -15.8. The highest BCUT2D eigenvalue weighted by Crippen LogP contribution is 2.60. The van der Waals surface area contributed by atoms with Gasteiger partial charge in [0, 0.05) is 73.9 Å². The third kappa shape index (κ3) is 13.6. The summed E-state index contributed by atoms with van der Waals surface area (Å²) in [5.41, 5.74) is 49.9. The minimum absolute atomic E-state index is 0.217. The van der Waals surface area contributed by atoms with Gasteiger partial charge >= 0.3 is 0 Å². The zero-order valence-corrected chi connectivity index (χ0v) is 80.6. The smallest absolute Gasteiger partial charge is 0.252 e. The van der Waals surface area contributed by atoms with Crippen LogP contribution in [-0.2, 0) is 21.7 Å². The summed E-state index contributed by atoms with van der Waals surface area (Å²) < 4.78 is 8.11. The lowest BCUT2D eigenvalue weighted by Crippen LogP contribution is -2.70. The number of fused-ring (bicyclic) bond motifs is 10. The molecule has 664 valence electrons. The second kappa shape index (κ2) is 31.4. The van der Waals surface area contributed by atoms with Crippen molar-refractivity contribution < 1.29 is 4.74 Å². The van der Waals surface area contributed by atoms with Crippen LogP contribution in [0.3, 0.4) is 0 Å². The Morgan fingerprint density at radius 1 is 0.165 bits per heavy atom. The van der Waals surface area contributed by atoms with Crippen LogP contribution in [0.5, 0.6) is 11.5 Å². The number of ether oxygens (including phenoxy) is 1. The summed E-state index contributed by atoms with van der Waals surface area (Å²) in [5, 5.41) is 0. The monoisotopic (exact) mass is 1780 g/mol. The predicted octanol–water partition coefficient (Wildman–Crippen LogP) is 29.1. The van der Waals surface area contributed by atoms with E-state index in [9.17, 15) is 0 Å². The van der Waals surface area contributed by atoms with Gasteiger partial charge in [-0.3, -0.25) is 0 Å². The van der Waals surface area contributed by atoms with Crippen molar-refractivity contribution in [3.05, 3.63) is 435 Å². The van der Waals surface area contributed by atoms with Crippen LogP contribution in [0, 0.1) is 0 Å². The lowest BCUT2D eigenvalue weighted by atomic mass is 9.27. The number of rotatable bonds is 12. The van der Waals surface area contributed by atoms with Crippen molar-refractivity contribution in [2.75, 3.05) is 24.5 Å². The van der Waals surface area contributed by atoms with Gasteiger partial charge in [0.15, 0.2) is 11.5 Å². The third-order valence-corrected chi connectivity index (χ3v) is 30.4. The Bertz CT molecular complexity index is 8040. The summed E-state index contributed by atoms with van der Waals surface area (Å²) in [6, 6.07) is 158. The van der Waals surface area contributed by atoms with Gasteiger partial charge in [0.25, 0.3) is 20.1 Å².